The maximum absolute atomic E-state index is 12.8. The Labute approximate surface area is 185 Å². The first-order valence-electron chi connectivity index (χ1n) is 9.53. The first-order chi connectivity index (χ1) is 14.9. The number of thiophene rings is 1. The molecule has 3 aromatic carbocycles. The Hall–Kier alpha value is -3.31. The third kappa shape index (κ3) is 4.42. The fourth-order valence-electron chi connectivity index (χ4n) is 3.44. The minimum atomic E-state index is -2.47. The average molecular weight is 447 g/mol. The molecule has 4 aromatic rings. The van der Waals surface area contributed by atoms with Gasteiger partial charge in [0, 0.05) is 11.1 Å². The standard InChI is InChI=1S/C24H19N2O3PS/c1-15-3-2-4-22(30(28)29)23(15)16-5-7-17(8-6-16)24(27)26-21-13-18(9-10-20(21)25)19-11-12-31-14-19/h2-14H,1H3,(H3-,25,26,27,28,29)/p+1. The zero-order valence-electron chi connectivity index (χ0n) is 16.7. The molecular formula is C24H20N2O3PS+. The van der Waals surface area contributed by atoms with Crippen LogP contribution >= 0.6 is 19.4 Å². The number of nitrogens with two attached hydrogens (primary N) is 1. The summed E-state index contributed by atoms with van der Waals surface area (Å²) >= 11 is 1.61. The zero-order valence-corrected chi connectivity index (χ0v) is 18.4. The van der Waals surface area contributed by atoms with Gasteiger partial charge in [-0.05, 0) is 80.9 Å². The van der Waals surface area contributed by atoms with E-state index in [1.807, 2.05) is 41.9 Å². The van der Waals surface area contributed by atoms with Crippen molar-refractivity contribution in [1.82, 2.24) is 0 Å². The number of carbonyl (C=O) groups excluding carboxylic acids is 1. The summed E-state index contributed by atoms with van der Waals surface area (Å²) in [6.07, 6.45) is 0. The van der Waals surface area contributed by atoms with Gasteiger partial charge in [0.15, 0.2) is 0 Å². The fourth-order valence-corrected chi connectivity index (χ4v) is 4.82. The molecule has 154 valence electrons. The quantitative estimate of drug-likeness (QED) is 0.275. The molecule has 0 aliphatic rings. The summed E-state index contributed by atoms with van der Waals surface area (Å²) in [5.41, 5.74) is 12.0. The van der Waals surface area contributed by atoms with Gasteiger partial charge < -0.3 is 11.1 Å². The molecule has 1 aromatic heterocycles. The zero-order chi connectivity index (χ0) is 22.0. The summed E-state index contributed by atoms with van der Waals surface area (Å²) in [6, 6.07) is 19.8. The summed E-state index contributed by atoms with van der Waals surface area (Å²) in [4.78, 5) is 22.5. The molecule has 0 aliphatic heterocycles. The third-order valence-corrected chi connectivity index (χ3v) is 6.52. The predicted octanol–water partition coefficient (Wildman–Crippen LogP) is 5.59. The Morgan fingerprint density at radius 3 is 2.42 bits per heavy atom. The van der Waals surface area contributed by atoms with Gasteiger partial charge in [0.2, 0.25) is 5.30 Å². The second-order valence-corrected chi connectivity index (χ2v) is 8.90. The van der Waals surface area contributed by atoms with E-state index in [9.17, 15) is 14.3 Å². The highest BCUT2D eigenvalue weighted by Crippen LogP contribution is 2.30. The lowest BCUT2D eigenvalue weighted by atomic mass is 9.99. The van der Waals surface area contributed by atoms with E-state index >= 15 is 0 Å². The normalized spacial score (nSPS) is 11.2. The first-order valence-corrected chi connectivity index (χ1v) is 11.7. The van der Waals surface area contributed by atoms with E-state index in [4.69, 9.17) is 5.73 Å². The summed E-state index contributed by atoms with van der Waals surface area (Å²) in [5, 5.41) is 7.30. The molecule has 0 fully saturated rings. The van der Waals surface area contributed by atoms with Crippen LogP contribution in [0.15, 0.2) is 77.5 Å². The number of hydrogen-bond acceptors (Lipinski definition) is 4. The molecule has 1 atom stereocenters. The third-order valence-electron chi connectivity index (χ3n) is 5.05. The Morgan fingerprint density at radius 2 is 1.74 bits per heavy atom. The van der Waals surface area contributed by atoms with Crippen LogP contribution < -0.4 is 16.4 Å². The van der Waals surface area contributed by atoms with E-state index in [1.165, 1.54) is 0 Å². The van der Waals surface area contributed by atoms with E-state index in [-0.39, 0.29) is 5.91 Å². The van der Waals surface area contributed by atoms with Gasteiger partial charge in [-0.15, -0.1) is 0 Å². The molecule has 4 rings (SSSR count). The molecule has 31 heavy (non-hydrogen) atoms. The van der Waals surface area contributed by atoms with Gasteiger partial charge in [-0.1, -0.05) is 30.3 Å². The van der Waals surface area contributed by atoms with Crippen LogP contribution in [-0.2, 0) is 4.57 Å². The Balaban J connectivity index is 1.59. The highest BCUT2D eigenvalue weighted by Gasteiger charge is 2.24. The van der Waals surface area contributed by atoms with E-state index in [2.05, 4.69) is 5.32 Å². The van der Waals surface area contributed by atoms with Crippen LogP contribution in [0.5, 0.6) is 0 Å². The molecule has 1 amide bonds. The smallest absolute Gasteiger partial charge is 0.397 e. The van der Waals surface area contributed by atoms with Crippen LogP contribution in [0, 0.1) is 6.92 Å². The maximum atomic E-state index is 12.8. The maximum Gasteiger partial charge on any atom is 0.546 e. The number of anilines is 2. The number of aryl methyl sites for hydroxylation is 1. The molecular weight excluding hydrogens is 427 g/mol. The largest absolute Gasteiger partial charge is 0.546 e. The van der Waals surface area contributed by atoms with E-state index in [0.717, 1.165) is 22.3 Å². The van der Waals surface area contributed by atoms with E-state index < -0.39 is 8.03 Å². The minimum absolute atomic E-state index is 0.279. The van der Waals surface area contributed by atoms with Crippen LogP contribution in [0.25, 0.3) is 22.3 Å². The van der Waals surface area contributed by atoms with Gasteiger partial charge in [-0.3, -0.25) is 4.79 Å². The SMILES string of the molecule is Cc1cccc([P+](=O)O)c1-c1ccc(C(=O)Nc2cc(-c3ccsc3)ccc2N)cc1. The minimum Gasteiger partial charge on any atom is -0.397 e. The molecule has 1 unspecified atom stereocenters. The summed E-state index contributed by atoms with van der Waals surface area (Å²) < 4.78 is 11.7. The number of nitrogens with one attached hydrogen (secondary N) is 1. The molecule has 5 nitrogen and oxygen atoms in total. The highest BCUT2D eigenvalue weighted by atomic mass is 32.1. The summed E-state index contributed by atoms with van der Waals surface area (Å²) in [6.45, 7) is 1.89. The van der Waals surface area contributed by atoms with Crippen molar-refractivity contribution in [2.45, 2.75) is 6.92 Å². The van der Waals surface area contributed by atoms with Crippen molar-refractivity contribution in [2.24, 2.45) is 0 Å². The molecule has 0 saturated carbocycles. The predicted molar refractivity (Wildman–Crippen MR) is 128 cm³/mol. The van der Waals surface area contributed by atoms with Crippen LogP contribution in [-0.4, -0.2) is 10.8 Å². The molecule has 0 spiro atoms. The molecule has 0 bridgehead atoms. The molecule has 4 N–H and O–H groups in total. The van der Waals surface area contributed by atoms with Gasteiger partial charge in [0.25, 0.3) is 5.91 Å². The Bertz CT molecular complexity index is 1270. The van der Waals surface area contributed by atoms with Crippen molar-refractivity contribution in [2.75, 3.05) is 11.1 Å². The molecule has 1 heterocycles. The Kier molecular flexibility index (Phi) is 5.96. The van der Waals surface area contributed by atoms with Crippen molar-refractivity contribution < 1.29 is 14.3 Å². The van der Waals surface area contributed by atoms with Gasteiger partial charge in [0.1, 0.15) is 0 Å². The van der Waals surface area contributed by atoms with Gasteiger partial charge in [-0.25, -0.2) is 0 Å². The molecule has 0 saturated heterocycles. The second kappa shape index (κ2) is 8.82. The Morgan fingerprint density at radius 1 is 1.00 bits per heavy atom. The number of nitrogen functional groups attached to an aromatic ring is 1. The second-order valence-electron chi connectivity index (χ2n) is 7.09. The van der Waals surface area contributed by atoms with Crippen LogP contribution in [0.2, 0.25) is 0 Å². The summed E-state index contributed by atoms with van der Waals surface area (Å²) in [7, 11) is -2.47. The number of benzene rings is 3. The van der Waals surface area contributed by atoms with E-state index in [0.29, 0.717) is 27.8 Å². The van der Waals surface area contributed by atoms with Crippen LogP contribution in [0.3, 0.4) is 0 Å². The van der Waals surface area contributed by atoms with Gasteiger partial charge in [-0.2, -0.15) is 16.2 Å². The number of hydrogen-bond donors (Lipinski definition) is 3. The lowest BCUT2D eigenvalue weighted by Gasteiger charge is -2.11. The monoisotopic (exact) mass is 447 g/mol. The van der Waals surface area contributed by atoms with Gasteiger partial charge >= 0.3 is 8.03 Å². The lowest BCUT2D eigenvalue weighted by molar-refractivity contribution is 0.102. The van der Waals surface area contributed by atoms with Crippen molar-refractivity contribution in [1.29, 1.82) is 0 Å². The van der Waals surface area contributed by atoms with E-state index in [1.54, 1.807) is 53.8 Å². The van der Waals surface area contributed by atoms with Crippen LogP contribution in [0.1, 0.15) is 15.9 Å². The van der Waals surface area contributed by atoms with Crippen molar-refractivity contribution >= 4 is 42.0 Å². The molecule has 7 heteroatoms. The number of rotatable bonds is 5. The van der Waals surface area contributed by atoms with Crippen molar-refractivity contribution in [3.63, 3.8) is 0 Å². The van der Waals surface area contributed by atoms with Gasteiger partial charge in [0.05, 0.1) is 11.4 Å². The average Bonchev–Trinajstić information content (AvgIpc) is 3.30. The number of amides is 1. The fraction of sp³-hybridized carbons (Fsp3) is 0.0417. The van der Waals surface area contributed by atoms with Crippen molar-refractivity contribution in [3.8, 4) is 22.3 Å². The highest BCUT2D eigenvalue weighted by molar-refractivity contribution is 7.47. The molecule has 0 aliphatic carbocycles. The van der Waals surface area contributed by atoms with Crippen LogP contribution in [0.4, 0.5) is 11.4 Å². The topological polar surface area (TPSA) is 92.4 Å². The van der Waals surface area contributed by atoms with Crippen molar-refractivity contribution in [3.05, 3.63) is 88.6 Å². The lowest BCUT2D eigenvalue weighted by Crippen LogP contribution is -2.13. The summed E-state index contributed by atoms with van der Waals surface area (Å²) in [5.74, 6) is -0.279. The molecule has 0 radical (unpaired) electrons. The first kappa shape index (κ1) is 20.9. The number of carbonyl (C=O) groups is 1.